The number of rotatable bonds is 6. The van der Waals surface area contributed by atoms with Gasteiger partial charge in [0, 0.05) is 42.7 Å². The summed E-state index contributed by atoms with van der Waals surface area (Å²) in [6, 6.07) is 0. The average molecular weight is 321 g/mol. The molecule has 0 aromatic rings. The standard InChI is InChI=1S/C6H18N3O6P3/c1-10-16(11-2)7-17(12-3,13-4)9-18(8-16,14-5)15-6/h1-6H3. The highest BCUT2D eigenvalue weighted by atomic mass is 31.3. The van der Waals surface area contributed by atoms with Crippen molar-refractivity contribution in [3.05, 3.63) is 0 Å². The van der Waals surface area contributed by atoms with E-state index in [1.807, 2.05) is 0 Å². The van der Waals surface area contributed by atoms with Gasteiger partial charge in [-0.2, -0.15) is 0 Å². The Kier molecular flexibility index (Phi) is 5.75. The third-order valence-electron chi connectivity index (χ3n) is 2.11. The molecular formula is C6H18N3O6P3. The minimum Gasteiger partial charge on any atom is -0.310 e. The minimum absolute atomic E-state index is 1.44. The molecule has 0 unspecified atom stereocenters. The van der Waals surface area contributed by atoms with Crippen molar-refractivity contribution in [2.75, 3.05) is 42.7 Å². The molecular weight excluding hydrogens is 303 g/mol. The van der Waals surface area contributed by atoms with Crippen LogP contribution < -0.4 is 0 Å². The molecule has 12 heteroatoms. The number of hydrogen-bond donors (Lipinski definition) is 0. The van der Waals surface area contributed by atoms with Gasteiger partial charge in [-0.25, -0.2) is 0 Å². The van der Waals surface area contributed by atoms with E-state index in [9.17, 15) is 0 Å². The van der Waals surface area contributed by atoms with E-state index in [1.165, 1.54) is 42.7 Å². The molecule has 0 saturated heterocycles. The Balaban J connectivity index is 3.63. The largest absolute Gasteiger partial charge is 0.348 e. The molecule has 1 heterocycles. The van der Waals surface area contributed by atoms with Crippen LogP contribution in [0.15, 0.2) is 13.5 Å². The van der Waals surface area contributed by atoms with Gasteiger partial charge in [-0.3, -0.25) is 0 Å². The predicted octanol–water partition coefficient (Wildman–Crippen LogP) is 3.72. The molecule has 0 N–H and O–H groups in total. The fourth-order valence-electron chi connectivity index (χ4n) is 1.14. The quantitative estimate of drug-likeness (QED) is 0.692. The summed E-state index contributed by atoms with van der Waals surface area (Å²) in [4.78, 5) is 0. The molecule has 0 saturated carbocycles. The van der Waals surface area contributed by atoms with Crippen molar-refractivity contribution < 1.29 is 27.1 Å². The van der Waals surface area contributed by atoms with Gasteiger partial charge >= 0.3 is 23.0 Å². The molecule has 0 spiro atoms. The fourth-order valence-corrected chi connectivity index (χ4v) is 9.92. The van der Waals surface area contributed by atoms with Crippen LogP contribution in [-0.2, 0) is 27.1 Å². The van der Waals surface area contributed by atoms with E-state index in [0.29, 0.717) is 0 Å². The molecule has 0 bridgehead atoms. The van der Waals surface area contributed by atoms with E-state index in [-0.39, 0.29) is 0 Å². The molecule has 0 fully saturated rings. The van der Waals surface area contributed by atoms with Crippen LogP contribution in [0.2, 0.25) is 0 Å². The second-order valence-corrected chi connectivity index (χ2v) is 10.1. The van der Waals surface area contributed by atoms with Gasteiger partial charge in [0.15, 0.2) is 0 Å². The first kappa shape index (κ1) is 16.5. The summed E-state index contributed by atoms with van der Waals surface area (Å²) in [5.41, 5.74) is 0. The molecule has 0 aromatic carbocycles. The van der Waals surface area contributed by atoms with Crippen LogP contribution in [0.25, 0.3) is 0 Å². The van der Waals surface area contributed by atoms with Crippen molar-refractivity contribution in [2.24, 2.45) is 13.5 Å². The Morgan fingerprint density at radius 1 is 0.444 bits per heavy atom. The van der Waals surface area contributed by atoms with E-state index in [4.69, 9.17) is 27.1 Å². The van der Waals surface area contributed by atoms with Gasteiger partial charge in [-0.1, -0.05) is 0 Å². The molecule has 1 rings (SSSR count). The molecule has 0 atom stereocenters. The second kappa shape index (κ2) is 6.27. The van der Waals surface area contributed by atoms with Crippen molar-refractivity contribution in [1.82, 2.24) is 0 Å². The van der Waals surface area contributed by atoms with Crippen molar-refractivity contribution in [2.45, 2.75) is 0 Å². The Labute approximate surface area is 107 Å². The van der Waals surface area contributed by atoms with Gasteiger partial charge in [0.25, 0.3) is 0 Å². The molecule has 18 heavy (non-hydrogen) atoms. The third kappa shape index (κ3) is 2.96. The van der Waals surface area contributed by atoms with E-state index < -0.39 is 23.0 Å². The lowest BCUT2D eigenvalue weighted by molar-refractivity contribution is 0.299. The number of hydrogen-bond acceptors (Lipinski definition) is 9. The zero-order valence-electron chi connectivity index (χ0n) is 11.1. The van der Waals surface area contributed by atoms with Crippen LogP contribution in [0.3, 0.4) is 0 Å². The summed E-state index contributed by atoms with van der Waals surface area (Å²) < 4.78 is 44.5. The SMILES string of the molecule is COP1(OC)=NP(OC)(OC)=NP(OC)(OC)=N1. The second-order valence-electron chi connectivity index (χ2n) is 2.84. The summed E-state index contributed by atoms with van der Waals surface area (Å²) in [6.07, 6.45) is 0. The molecule has 0 aliphatic carbocycles. The Hall–Kier alpha value is 0.450. The lowest BCUT2D eigenvalue weighted by Crippen LogP contribution is -1.97. The summed E-state index contributed by atoms with van der Waals surface area (Å²) in [6.45, 7) is 0. The van der Waals surface area contributed by atoms with Crippen LogP contribution >= 0.6 is 23.0 Å². The first-order valence-corrected chi connectivity index (χ1v) is 9.34. The molecule has 1 aliphatic heterocycles. The normalized spacial score (nSPS) is 23.7. The molecule has 1 aliphatic rings. The zero-order valence-corrected chi connectivity index (χ0v) is 13.8. The van der Waals surface area contributed by atoms with Crippen molar-refractivity contribution in [3.63, 3.8) is 0 Å². The number of nitrogens with zero attached hydrogens (tertiary/aromatic N) is 3. The van der Waals surface area contributed by atoms with E-state index in [0.717, 1.165) is 0 Å². The lowest BCUT2D eigenvalue weighted by Gasteiger charge is -2.29. The van der Waals surface area contributed by atoms with Gasteiger partial charge in [0.2, 0.25) is 0 Å². The third-order valence-corrected chi connectivity index (χ3v) is 10.4. The fraction of sp³-hybridized carbons (Fsp3) is 1.00. The molecule has 0 amide bonds. The summed E-state index contributed by atoms with van der Waals surface area (Å²) in [5, 5.41) is 0. The monoisotopic (exact) mass is 321 g/mol. The Morgan fingerprint density at radius 2 is 0.611 bits per heavy atom. The first-order valence-electron chi connectivity index (χ1n) is 4.74. The lowest BCUT2D eigenvalue weighted by atomic mass is 11.8. The zero-order chi connectivity index (χ0) is 13.9. The van der Waals surface area contributed by atoms with E-state index >= 15 is 0 Å². The maximum atomic E-state index is 5.28. The van der Waals surface area contributed by atoms with Crippen molar-refractivity contribution in [1.29, 1.82) is 0 Å². The maximum absolute atomic E-state index is 5.28. The van der Waals surface area contributed by atoms with E-state index in [1.54, 1.807) is 0 Å². The van der Waals surface area contributed by atoms with Crippen LogP contribution in [0.1, 0.15) is 0 Å². The first-order chi connectivity index (χ1) is 8.49. The highest BCUT2D eigenvalue weighted by Crippen LogP contribution is 2.79. The van der Waals surface area contributed by atoms with Crippen LogP contribution in [-0.4, -0.2) is 42.7 Å². The van der Waals surface area contributed by atoms with Crippen molar-refractivity contribution >= 4 is 23.0 Å². The van der Waals surface area contributed by atoms with Gasteiger partial charge in [-0.05, 0) is 0 Å². The maximum Gasteiger partial charge on any atom is 0.348 e. The van der Waals surface area contributed by atoms with E-state index in [2.05, 4.69) is 13.5 Å². The molecule has 0 radical (unpaired) electrons. The van der Waals surface area contributed by atoms with Gasteiger partial charge in [0.05, 0.1) is 0 Å². The highest BCUT2D eigenvalue weighted by molar-refractivity contribution is 7.78. The minimum atomic E-state index is -2.91. The van der Waals surface area contributed by atoms with Crippen LogP contribution in [0.4, 0.5) is 0 Å². The molecule has 9 nitrogen and oxygen atoms in total. The van der Waals surface area contributed by atoms with Gasteiger partial charge in [-0.15, -0.1) is 13.5 Å². The van der Waals surface area contributed by atoms with Crippen LogP contribution in [0, 0.1) is 0 Å². The summed E-state index contributed by atoms with van der Waals surface area (Å²) in [7, 11) is -0.0781. The summed E-state index contributed by atoms with van der Waals surface area (Å²) >= 11 is 0. The molecule has 108 valence electrons. The Morgan fingerprint density at radius 3 is 0.722 bits per heavy atom. The topological polar surface area (TPSA) is 92.5 Å². The average Bonchev–Trinajstić information content (AvgIpc) is 2.46. The predicted molar refractivity (Wildman–Crippen MR) is 70.1 cm³/mol. The highest BCUT2D eigenvalue weighted by Gasteiger charge is 2.39. The van der Waals surface area contributed by atoms with Gasteiger partial charge in [0.1, 0.15) is 0 Å². The van der Waals surface area contributed by atoms with Gasteiger partial charge < -0.3 is 27.1 Å². The molecule has 0 aromatic heterocycles. The summed E-state index contributed by atoms with van der Waals surface area (Å²) in [5.74, 6) is 0. The smallest absolute Gasteiger partial charge is 0.310 e. The van der Waals surface area contributed by atoms with Crippen molar-refractivity contribution in [3.8, 4) is 0 Å². The van der Waals surface area contributed by atoms with Crippen LogP contribution in [0.5, 0.6) is 0 Å². The Bertz CT molecular complexity index is 356.